The predicted octanol–water partition coefficient (Wildman–Crippen LogP) is 3.45. The highest BCUT2D eigenvalue weighted by atomic mass is 16.5. The monoisotopic (exact) mass is 234 g/mol. The van der Waals surface area contributed by atoms with E-state index in [4.69, 9.17) is 4.74 Å². The van der Waals surface area contributed by atoms with Crippen LogP contribution >= 0.6 is 0 Å². The second-order valence-corrected chi connectivity index (χ2v) is 5.25. The molecule has 17 heavy (non-hydrogen) atoms. The Morgan fingerprint density at radius 1 is 1.24 bits per heavy atom. The Morgan fingerprint density at radius 3 is 2.35 bits per heavy atom. The van der Waals surface area contributed by atoms with E-state index in [1.165, 1.54) is 5.56 Å². The number of carbonyl (C=O) groups excluding carboxylic acids is 1. The van der Waals surface area contributed by atoms with Gasteiger partial charge in [0.15, 0.2) is 0 Å². The van der Waals surface area contributed by atoms with Crippen LogP contribution < -0.4 is 0 Å². The molecule has 0 heterocycles. The lowest BCUT2D eigenvalue weighted by molar-refractivity contribution is -0.156. The van der Waals surface area contributed by atoms with Crippen LogP contribution in [-0.2, 0) is 16.0 Å². The van der Waals surface area contributed by atoms with Crippen LogP contribution in [0.3, 0.4) is 0 Å². The maximum absolute atomic E-state index is 11.9. The van der Waals surface area contributed by atoms with Crippen molar-refractivity contribution >= 4 is 5.97 Å². The molecule has 1 rings (SSSR count). The average molecular weight is 234 g/mol. The zero-order valence-electron chi connectivity index (χ0n) is 11.2. The maximum Gasteiger partial charge on any atom is 0.311 e. The molecule has 2 heteroatoms. The molecule has 1 aromatic rings. The van der Waals surface area contributed by atoms with Gasteiger partial charge < -0.3 is 4.74 Å². The maximum atomic E-state index is 11.9. The van der Waals surface area contributed by atoms with Crippen LogP contribution in [0.5, 0.6) is 0 Å². The number of esters is 1. The van der Waals surface area contributed by atoms with Crippen molar-refractivity contribution in [1.29, 1.82) is 0 Å². The molecule has 94 valence electrons. The summed E-state index contributed by atoms with van der Waals surface area (Å²) < 4.78 is 5.33. The van der Waals surface area contributed by atoms with E-state index in [1.54, 1.807) is 0 Å². The minimum atomic E-state index is -0.406. The zero-order valence-corrected chi connectivity index (χ0v) is 11.2. The fourth-order valence-corrected chi connectivity index (χ4v) is 1.33. The number of rotatable bonds is 5. The average Bonchev–Trinajstić information content (AvgIpc) is 2.30. The lowest BCUT2D eigenvalue weighted by Gasteiger charge is -2.26. The lowest BCUT2D eigenvalue weighted by Crippen LogP contribution is -2.32. The third-order valence-electron chi connectivity index (χ3n) is 3.44. The third kappa shape index (κ3) is 3.88. The molecular weight excluding hydrogens is 212 g/mol. The highest BCUT2D eigenvalue weighted by Crippen LogP contribution is 2.27. The van der Waals surface area contributed by atoms with Gasteiger partial charge in [-0.3, -0.25) is 4.79 Å². The first-order valence-electron chi connectivity index (χ1n) is 6.15. The molecule has 0 unspecified atom stereocenters. The molecule has 0 spiro atoms. The quantitative estimate of drug-likeness (QED) is 0.729. The number of benzene rings is 1. The van der Waals surface area contributed by atoms with Gasteiger partial charge in [0.1, 0.15) is 0 Å². The predicted molar refractivity (Wildman–Crippen MR) is 69.7 cm³/mol. The largest absolute Gasteiger partial charge is 0.465 e. The summed E-state index contributed by atoms with van der Waals surface area (Å²) in [6, 6.07) is 10.1. The molecular formula is C15H22O2. The first-order valence-corrected chi connectivity index (χ1v) is 6.15. The van der Waals surface area contributed by atoms with Crippen LogP contribution in [0.15, 0.2) is 30.3 Å². The standard InChI is InChI=1S/C15H22O2/c1-12(2)15(3,4)14(16)17-11-10-13-8-6-5-7-9-13/h5-9,12H,10-11H2,1-4H3. The smallest absolute Gasteiger partial charge is 0.311 e. The molecule has 0 aliphatic carbocycles. The Morgan fingerprint density at radius 2 is 1.82 bits per heavy atom. The number of ether oxygens (including phenoxy) is 1. The topological polar surface area (TPSA) is 26.3 Å². The van der Waals surface area contributed by atoms with Crippen molar-refractivity contribution in [1.82, 2.24) is 0 Å². The minimum absolute atomic E-state index is 0.108. The molecule has 0 aromatic heterocycles. The highest BCUT2D eigenvalue weighted by molar-refractivity contribution is 5.76. The van der Waals surface area contributed by atoms with Gasteiger partial charge in [-0.2, -0.15) is 0 Å². The normalized spacial score (nSPS) is 11.6. The zero-order chi connectivity index (χ0) is 12.9. The van der Waals surface area contributed by atoms with E-state index in [2.05, 4.69) is 0 Å². The summed E-state index contributed by atoms with van der Waals surface area (Å²) in [6.07, 6.45) is 0.779. The van der Waals surface area contributed by atoms with Crippen LogP contribution in [0.2, 0.25) is 0 Å². The second-order valence-electron chi connectivity index (χ2n) is 5.25. The molecule has 2 nitrogen and oxygen atoms in total. The van der Waals surface area contributed by atoms with Gasteiger partial charge in [0.05, 0.1) is 12.0 Å². The van der Waals surface area contributed by atoms with Gasteiger partial charge in [-0.15, -0.1) is 0 Å². The Labute approximate surface area is 104 Å². The summed E-state index contributed by atoms with van der Waals surface area (Å²) in [5.41, 5.74) is 0.791. The van der Waals surface area contributed by atoms with E-state index in [1.807, 2.05) is 58.0 Å². The molecule has 1 aromatic carbocycles. The molecule has 0 aliphatic heterocycles. The van der Waals surface area contributed by atoms with Crippen LogP contribution in [0.4, 0.5) is 0 Å². The van der Waals surface area contributed by atoms with Crippen molar-refractivity contribution in [2.75, 3.05) is 6.61 Å². The summed E-state index contributed by atoms with van der Waals surface area (Å²) in [5, 5.41) is 0. The van der Waals surface area contributed by atoms with E-state index < -0.39 is 5.41 Å². The molecule has 0 N–H and O–H groups in total. The fourth-order valence-electron chi connectivity index (χ4n) is 1.33. The Kier molecular flexibility index (Phi) is 4.73. The fraction of sp³-hybridized carbons (Fsp3) is 0.533. The second kappa shape index (κ2) is 5.85. The molecule has 0 saturated heterocycles. The molecule has 0 amide bonds. The number of hydrogen-bond acceptors (Lipinski definition) is 2. The molecule has 0 radical (unpaired) electrons. The summed E-state index contributed by atoms with van der Waals surface area (Å²) >= 11 is 0. The summed E-state index contributed by atoms with van der Waals surface area (Å²) in [5.74, 6) is 0.176. The van der Waals surface area contributed by atoms with Crippen molar-refractivity contribution in [3.63, 3.8) is 0 Å². The van der Waals surface area contributed by atoms with Crippen molar-refractivity contribution in [2.24, 2.45) is 11.3 Å². The number of carbonyl (C=O) groups is 1. The van der Waals surface area contributed by atoms with E-state index in [-0.39, 0.29) is 11.9 Å². The molecule has 0 fully saturated rings. The van der Waals surface area contributed by atoms with Gasteiger partial charge in [0.2, 0.25) is 0 Å². The van der Waals surface area contributed by atoms with Gasteiger partial charge >= 0.3 is 5.97 Å². The van der Waals surface area contributed by atoms with Gasteiger partial charge in [-0.05, 0) is 25.3 Å². The van der Waals surface area contributed by atoms with Gasteiger partial charge in [-0.25, -0.2) is 0 Å². The van der Waals surface area contributed by atoms with E-state index in [0.29, 0.717) is 6.61 Å². The van der Waals surface area contributed by atoms with Crippen LogP contribution in [0, 0.1) is 11.3 Å². The molecule has 0 bridgehead atoms. The minimum Gasteiger partial charge on any atom is -0.465 e. The Bertz CT molecular complexity index is 352. The molecule has 0 saturated carbocycles. The first kappa shape index (κ1) is 13.8. The Balaban J connectivity index is 2.40. The SMILES string of the molecule is CC(C)C(C)(C)C(=O)OCCc1ccccc1. The highest BCUT2D eigenvalue weighted by Gasteiger charge is 2.32. The molecule has 0 atom stereocenters. The van der Waals surface area contributed by atoms with Crippen molar-refractivity contribution in [3.05, 3.63) is 35.9 Å². The number of hydrogen-bond donors (Lipinski definition) is 0. The third-order valence-corrected chi connectivity index (χ3v) is 3.44. The van der Waals surface area contributed by atoms with Crippen LogP contribution in [0.1, 0.15) is 33.3 Å². The van der Waals surface area contributed by atoms with Crippen LogP contribution in [0.25, 0.3) is 0 Å². The lowest BCUT2D eigenvalue weighted by atomic mass is 9.81. The van der Waals surface area contributed by atoms with Gasteiger partial charge in [-0.1, -0.05) is 44.2 Å². The van der Waals surface area contributed by atoms with E-state index in [0.717, 1.165) is 6.42 Å². The van der Waals surface area contributed by atoms with Crippen molar-refractivity contribution in [3.8, 4) is 0 Å². The van der Waals surface area contributed by atoms with Crippen molar-refractivity contribution in [2.45, 2.75) is 34.1 Å². The summed E-state index contributed by atoms with van der Waals surface area (Å²) in [7, 11) is 0. The van der Waals surface area contributed by atoms with Crippen molar-refractivity contribution < 1.29 is 9.53 Å². The molecule has 0 aliphatic rings. The Hall–Kier alpha value is -1.31. The van der Waals surface area contributed by atoms with Gasteiger partial charge in [0.25, 0.3) is 0 Å². The van der Waals surface area contributed by atoms with E-state index >= 15 is 0 Å². The van der Waals surface area contributed by atoms with Gasteiger partial charge in [0, 0.05) is 6.42 Å². The van der Waals surface area contributed by atoms with E-state index in [9.17, 15) is 4.79 Å². The van der Waals surface area contributed by atoms with Crippen LogP contribution in [-0.4, -0.2) is 12.6 Å². The first-order chi connectivity index (χ1) is 7.94. The summed E-state index contributed by atoms with van der Waals surface area (Å²) in [6.45, 7) is 8.40. The summed E-state index contributed by atoms with van der Waals surface area (Å²) in [4.78, 5) is 11.9.